The predicted molar refractivity (Wildman–Crippen MR) is 159 cm³/mol. The second-order valence-electron chi connectivity index (χ2n) is 10.1. The molecule has 0 aliphatic carbocycles. The Morgan fingerprint density at radius 2 is 0.795 bits per heavy atom. The minimum absolute atomic E-state index is 0.119. The third kappa shape index (κ3) is 35.2. The number of likely N-dealkylation sites (N-methyl/N-ethyl adjacent to an activating group) is 1. The Morgan fingerprint density at radius 3 is 1.18 bits per heavy atom. The van der Waals surface area contributed by atoms with Gasteiger partial charge in [0.2, 0.25) is 0 Å². The van der Waals surface area contributed by atoms with Crippen molar-refractivity contribution >= 4 is 5.97 Å². The number of ether oxygens (including phenoxy) is 6. The van der Waals surface area contributed by atoms with Gasteiger partial charge in [-0.15, -0.1) is 0 Å². The number of carbonyl (C=O) groups is 1. The van der Waals surface area contributed by atoms with Crippen LogP contribution in [0.15, 0.2) is 0 Å². The smallest absolute Gasteiger partial charge is 0.305 e. The Bertz CT molecular complexity index is 468. The summed E-state index contributed by atoms with van der Waals surface area (Å²) in [6.45, 7) is 8.83. The number of carbonyl (C=O) groups excluding carboxylic acids is 1. The molecule has 8 heteroatoms. The first kappa shape index (κ1) is 38.2. The first-order valence-corrected chi connectivity index (χ1v) is 16.0. The second-order valence-corrected chi connectivity index (χ2v) is 10.1. The summed E-state index contributed by atoms with van der Waals surface area (Å²) in [5.74, 6) is -0.119. The van der Waals surface area contributed by atoms with Crippen LogP contribution >= 0.6 is 0 Å². The fraction of sp³-hybridized carbons (Fsp3) is 0.968. The molecular formula is C31H63NO7. The van der Waals surface area contributed by atoms with Gasteiger partial charge in [-0.3, -0.25) is 4.79 Å². The lowest BCUT2D eigenvalue weighted by Crippen LogP contribution is -2.17. The summed E-state index contributed by atoms with van der Waals surface area (Å²) in [6.07, 6.45) is 20.4. The van der Waals surface area contributed by atoms with E-state index in [1.807, 2.05) is 7.05 Å². The first-order valence-electron chi connectivity index (χ1n) is 16.0. The fourth-order valence-corrected chi connectivity index (χ4v) is 4.08. The maximum Gasteiger partial charge on any atom is 0.305 e. The molecule has 0 saturated heterocycles. The highest BCUT2D eigenvalue weighted by atomic mass is 16.6. The molecule has 234 valence electrons. The van der Waals surface area contributed by atoms with Crippen LogP contribution in [0.5, 0.6) is 0 Å². The molecule has 0 amide bonds. The van der Waals surface area contributed by atoms with E-state index in [9.17, 15) is 4.79 Å². The minimum atomic E-state index is -0.119. The van der Waals surface area contributed by atoms with Gasteiger partial charge < -0.3 is 33.7 Å². The Labute approximate surface area is 240 Å². The van der Waals surface area contributed by atoms with Gasteiger partial charge in [0.15, 0.2) is 0 Å². The van der Waals surface area contributed by atoms with Gasteiger partial charge in [-0.05, 0) is 13.5 Å². The van der Waals surface area contributed by atoms with E-state index in [0.717, 1.165) is 19.4 Å². The second kappa shape index (κ2) is 35.3. The lowest BCUT2D eigenvalue weighted by molar-refractivity contribution is -0.145. The average Bonchev–Trinajstić information content (AvgIpc) is 2.94. The molecule has 0 heterocycles. The van der Waals surface area contributed by atoms with Crippen LogP contribution < -0.4 is 5.32 Å². The van der Waals surface area contributed by atoms with Gasteiger partial charge >= 0.3 is 5.97 Å². The number of nitrogens with one attached hydrogen (secondary N) is 1. The maximum atomic E-state index is 11.8. The van der Waals surface area contributed by atoms with E-state index in [1.165, 1.54) is 83.5 Å². The summed E-state index contributed by atoms with van der Waals surface area (Å²) in [7, 11) is 1.90. The van der Waals surface area contributed by atoms with E-state index >= 15 is 0 Å². The summed E-state index contributed by atoms with van der Waals surface area (Å²) in [5.41, 5.74) is 0. The molecule has 0 aromatic carbocycles. The zero-order valence-corrected chi connectivity index (χ0v) is 25.7. The molecular weight excluding hydrogens is 498 g/mol. The van der Waals surface area contributed by atoms with E-state index in [4.69, 9.17) is 28.4 Å². The Balaban J connectivity index is 3.14. The number of rotatable bonds is 34. The van der Waals surface area contributed by atoms with Crippen molar-refractivity contribution in [2.45, 2.75) is 110 Å². The molecule has 1 N–H and O–H groups in total. The summed E-state index contributed by atoms with van der Waals surface area (Å²) in [4.78, 5) is 11.8. The van der Waals surface area contributed by atoms with Gasteiger partial charge in [-0.1, -0.05) is 96.8 Å². The van der Waals surface area contributed by atoms with Crippen LogP contribution in [0, 0.1) is 0 Å². The van der Waals surface area contributed by atoms with Crippen LogP contribution in [-0.4, -0.2) is 92.2 Å². The highest BCUT2D eigenvalue weighted by Gasteiger charge is 2.03. The highest BCUT2D eigenvalue weighted by Crippen LogP contribution is 2.13. The van der Waals surface area contributed by atoms with Crippen molar-refractivity contribution in [1.82, 2.24) is 5.32 Å². The average molecular weight is 562 g/mol. The van der Waals surface area contributed by atoms with Crippen molar-refractivity contribution in [2.24, 2.45) is 0 Å². The summed E-state index contributed by atoms with van der Waals surface area (Å²) < 4.78 is 32.4. The molecule has 0 spiro atoms. The van der Waals surface area contributed by atoms with Crippen molar-refractivity contribution in [3.05, 3.63) is 0 Å². The lowest BCUT2D eigenvalue weighted by atomic mass is 10.0. The molecule has 0 aliphatic rings. The summed E-state index contributed by atoms with van der Waals surface area (Å²) >= 11 is 0. The Morgan fingerprint density at radius 1 is 0.462 bits per heavy atom. The van der Waals surface area contributed by atoms with Crippen LogP contribution in [-0.2, 0) is 33.2 Å². The molecule has 0 radical (unpaired) electrons. The molecule has 8 nitrogen and oxygen atoms in total. The van der Waals surface area contributed by atoms with Gasteiger partial charge in [0.1, 0.15) is 6.61 Å². The minimum Gasteiger partial charge on any atom is -0.463 e. The monoisotopic (exact) mass is 561 g/mol. The number of unbranched alkanes of at least 4 members (excludes halogenated alkanes) is 14. The molecule has 0 bridgehead atoms. The van der Waals surface area contributed by atoms with Crippen molar-refractivity contribution < 1.29 is 33.2 Å². The van der Waals surface area contributed by atoms with Crippen LogP contribution in [0.1, 0.15) is 110 Å². The van der Waals surface area contributed by atoms with Gasteiger partial charge in [-0.25, -0.2) is 0 Å². The van der Waals surface area contributed by atoms with E-state index < -0.39 is 0 Å². The topological polar surface area (TPSA) is 84.5 Å². The maximum absolute atomic E-state index is 11.8. The standard InChI is InChI=1S/C31H63NO7/c1-3-4-5-6-7-8-9-10-11-12-13-14-15-16-17-18-31(33)39-30-29-38-28-27-37-26-25-36-24-23-35-22-21-34-20-19-32-2/h32H,3-30H2,1-2H3. The largest absolute Gasteiger partial charge is 0.463 e. The molecule has 0 aromatic heterocycles. The van der Waals surface area contributed by atoms with Crippen LogP contribution in [0.25, 0.3) is 0 Å². The summed E-state index contributed by atoms with van der Waals surface area (Å²) in [6, 6.07) is 0. The van der Waals surface area contributed by atoms with Gasteiger partial charge in [0, 0.05) is 13.0 Å². The van der Waals surface area contributed by atoms with Crippen molar-refractivity contribution in [2.75, 3.05) is 86.3 Å². The normalized spacial score (nSPS) is 11.3. The lowest BCUT2D eigenvalue weighted by Gasteiger charge is -2.08. The molecule has 0 aromatic rings. The molecule has 39 heavy (non-hydrogen) atoms. The molecule has 0 unspecified atom stereocenters. The fourth-order valence-electron chi connectivity index (χ4n) is 4.08. The number of esters is 1. The molecule has 0 atom stereocenters. The van der Waals surface area contributed by atoms with E-state index in [2.05, 4.69) is 12.2 Å². The first-order chi connectivity index (χ1) is 19.3. The van der Waals surface area contributed by atoms with Crippen molar-refractivity contribution in [3.63, 3.8) is 0 Å². The third-order valence-corrected chi connectivity index (χ3v) is 6.46. The third-order valence-electron chi connectivity index (χ3n) is 6.46. The van der Waals surface area contributed by atoms with Crippen molar-refractivity contribution in [1.29, 1.82) is 0 Å². The molecule has 0 aliphatic heterocycles. The zero-order valence-electron chi connectivity index (χ0n) is 25.7. The quantitative estimate of drug-likeness (QED) is 0.0746. The zero-order chi connectivity index (χ0) is 28.3. The molecule has 0 fully saturated rings. The van der Waals surface area contributed by atoms with E-state index in [-0.39, 0.29) is 5.97 Å². The van der Waals surface area contributed by atoms with Crippen LogP contribution in [0.2, 0.25) is 0 Å². The van der Waals surface area contributed by atoms with Gasteiger partial charge in [-0.2, -0.15) is 0 Å². The summed E-state index contributed by atoms with van der Waals surface area (Å²) in [5, 5.41) is 3.02. The number of hydrogen-bond donors (Lipinski definition) is 1. The van der Waals surface area contributed by atoms with E-state index in [0.29, 0.717) is 79.1 Å². The molecule has 0 saturated carbocycles. The van der Waals surface area contributed by atoms with Crippen molar-refractivity contribution in [3.8, 4) is 0 Å². The van der Waals surface area contributed by atoms with Crippen LogP contribution in [0.4, 0.5) is 0 Å². The Kier molecular flexibility index (Phi) is 34.6. The van der Waals surface area contributed by atoms with Gasteiger partial charge in [0.05, 0.1) is 66.1 Å². The SMILES string of the molecule is CCCCCCCCCCCCCCCCCC(=O)OCCOCCOCCOCCOCCOCCNC. The predicted octanol–water partition coefficient (Wildman–Crippen LogP) is 6.09. The van der Waals surface area contributed by atoms with E-state index in [1.54, 1.807) is 0 Å². The number of hydrogen-bond acceptors (Lipinski definition) is 8. The van der Waals surface area contributed by atoms with Crippen LogP contribution in [0.3, 0.4) is 0 Å². The highest BCUT2D eigenvalue weighted by molar-refractivity contribution is 5.69. The Hall–Kier alpha value is -0.770. The molecule has 0 rings (SSSR count). The van der Waals surface area contributed by atoms with Gasteiger partial charge in [0.25, 0.3) is 0 Å².